The highest BCUT2D eigenvalue weighted by molar-refractivity contribution is 8.00. The second-order valence-electron chi connectivity index (χ2n) is 29.2. The van der Waals surface area contributed by atoms with Crippen LogP contribution in [0.3, 0.4) is 0 Å². The van der Waals surface area contributed by atoms with E-state index in [1.165, 1.54) is 126 Å². The van der Waals surface area contributed by atoms with E-state index in [1.807, 2.05) is 11.8 Å². The molecule has 504 valence electrons. The van der Waals surface area contributed by atoms with Crippen LogP contribution in [-0.4, -0.2) is 17.8 Å². The third-order valence-electron chi connectivity index (χ3n) is 23.5. The molecule has 17 aromatic rings. The maximum absolute atomic E-state index is 2.73. The van der Waals surface area contributed by atoms with E-state index in [9.17, 15) is 0 Å². The molecule has 5 heteroatoms. The summed E-state index contributed by atoms with van der Waals surface area (Å²) in [4.78, 5) is 7.85. The molecule has 1 spiro atoms. The van der Waals surface area contributed by atoms with Gasteiger partial charge in [0.15, 0.2) is 0 Å². The summed E-state index contributed by atoms with van der Waals surface area (Å²) in [7, 11) is 0. The molecule has 3 aliphatic heterocycles. The Labute approximate surface area is 634 Å². The molecule has 0 amide bonds. The Hall–Kier alpha value is -13.2. The lowest BCUT2D eigenvalue weighted by atomic mass is 9.34. The van der Waals surface area contributed by atoms with Crippen molar-refractivity contribution in [3.8, 4) is 94.7 Å². The summed E-state index contributed by atoms with van der Waals surface area (Å²) in [6.07, 6.45) is 9.87. The van der Waals surface area contributed by atoms with E-state index in [0.29, 0.717) is 6.54 Å². The van der Waals surface area contributed by atoms with Crippen LogP contribution in [-0.2, 0) is 11.8 Å². The van der Waals surface area contributed by atoms with Gasteiger partial charge in [-0.15, -0.1) is 0 Å². The molecule has 0 fully saturated rings. The molecule has 0 N–H and O–H groups in total. The fourth-order valence-corrected chi connectivity index (χ4v) is 20.2. The molecule has 0 atom stereocenters. The minimum Gasteiger partial charge on any atom is -0.337 e. The van der Waals surface area contributed by atoms with Gasteiger partial charge in [0.05, 0.1) is 22.1 Å². The van der Waals surface area contributed by atoms with E-state index in [-0.39, 0.29) is 6.71 Å². The molecule has 0 unspecified atom stereocenters. The van der Waals surface area contributed by atoms with Crippen molar-refractivity contribution < 1.29 is 0 Å². The molecule has 16 aromatic carbocycles. The number of allylic oxidation sites excluding steroid dienone is 3. The molecule has 2 aliphatic carbocycles. The maximum Gasteiger partial charge on any atom is 0.249 e. The first-order valence-electron chi connectivity index (χ1n) is 37.7. The molecule has 0 saturated carbocycles. The lowest BCUT2D eigenvalue weighted by Gasteiger charge is -2.43. The Kier molecular flexibility index (Phi) is 14.4. The van der Waals surface area contributed by atoms with E-state index in [4.69, 9.17) is 0 Å². The van der Waals surface area contributed by atoms with E-state index in [2.05, 4.69) is 403 Å². The van der Waals surface area contributed by atoms with Crippen LogP contribution >= 0.6 is 11.8 Å². The molecular formula is C103H68BN3S. The molecule has 4 heterocycles. The van der Waals surface area contributed by atoms with Crippen molar-refractivity contribution in [2.24, 2.45) is 0 Å². The van der Waals surface area contributed by atoms with Gasteiger partial charge in [-0.3, -0.25) is 0 Å². The number of hydrogen-bond acceptors (Lipinski definition) is 3. The lowest BCUT2D eigenvalue weighted by Crippen LogP contribution is -2.60. The Balaban J connectivity index is 0.865. The van der Waals surface area contributed by atoms with E-state index >= 15 is 0 Å². The summed E-state index contributed by atoms with van der Waals surface area (Å²) >= 11 is 1.98. The normalized spacial score (nSPS) is 14.4. The first-order valence-corrected chi connectivity index (χ1v) is 38.5. The van der Waals surface area contributed by atoms with Crippen molar-refractivity contribution in [2.45, 2.75) is 21.6 Å². The lowest BCUT2D eigenvalue weighted by molar-refractivity contribution is 0.793. The molecule has 108 heavy (non-hydrogen) atoms. The first-order chi connectivity index (χ1) is 53.6. The monoisotopic (exact) mass is 1390 g/mol. The number of para-hydroxylation sites is 2. The van der Waals surface area contributed by atoms with Gasteiger partial charge in [-0.1, -0.05) is 339 Å². The summed E-state index contributed by atoms with van der Waals surface area (Å²) < 4.78 is 2.57. The molecular weight excluding hydrogens is 1320 g/mol. The Bertz CT molecular complexity index is 6460. The average Bonchev–Trinajstić information content (AvgIpc) is 1.45. The van der Waals surface area contributed by atoms with Crippen LogP contribution in [0.15, 0.2) is 398 Å². The van der Waals surface area contributed by atoms with E-state index in [1.54, 1.807) is 0 Å². The standard InChI is InChI=1S/C103H68BN3S/c1-2-24-59-105(93-57-51-73(62-77(93)36-7-1)69-32-12-5-13-33-69)78-53-55-91-96(64-78)107(101-80(75-39-25-37-71(60-75)67-28-8-3-9-29-67)45-27-46-81(101)76-40-26-38-72(61-76)68-30-10-4-11-31-68)97-65-79(106-94-50-23-19-43-84(94)86-63-74(52-58-95(86)106)70-34-14-6-15-35-70)66-98-100(97)104(91)92-56-54-90-99(102(92)108-98)85-44-18-22-49-89(85)103(90)87-47-20-16-41-82(87)83-42-17-21-48-88(83)103/h1-35,37-58,60-66H,36,59H2/b7-1-,24-2-. The van der Waals surface area contributed by atoms with Gasteiger partial charge in [0, 0.05) is 72.2 Å². The van der Waals surface area contributed by atoms with Gasteiger partial charge in [-0.2, -0.15) is 0 Å². The highest BCUT2D eigenvalue weighted by Crippen LogP contribution is 2.65. The summed E-state index contributed by atoms with van der Waals surface area (Å²) in [5.74, 6) is 0. The van der Waals surface area contributed by atoms with Crippen molar-refractivity contribution >= 4 is 85.1 Å². The van der Waals surface area contributed by atoms with Crippen molar-refractivity contribution in [3.05, 3.63) is 416 Å². The third-order valence-corrected chi connectivity index (χ3v) is 24.7. The second-order valence-corrected chi connectivity index (χ2v) is 30.3. The van der Waals surface area contributed by atoms with Crippen LogP contribution in [0.5, 0.6) is 0 Å². The summed E-state index contributed by atoms with van der Waals surface area (Å²) in [6.45, 7) is 0.469. The van der Waals surface area contributed by atoms with Crippen LogP contribution in [0.1, 0.15) is 27.8 Å². The van der Waals surface area contributed by atoms with Gasteiger partial charge in [0.2, 0.25) is 6.71 Å². The van der Waals surface area contributed by atoms with Gasteiger partial charge in [-0.05, 0) is 184 Å². The molecule has 0 bridgehead atoms. The topological polar surface area (TPSA) is 11.4 Å². The van der Waals surface area contributed by atoms with E-state index in [0.717, 1.165) is 79.3 Å². The molecule has 1 aromatic heterocycles. The molecule has 3 nitrogen and oxygen atoms in total. The van der Waals surface area contributed by atoms with E-state index < -0.39 is 5.41 Å². The fraction of sp³-hybridized carbons (Fsp3) is 0.0291. The minimum atomic E-state index is -0.525. The number of fused-ring (bicyclic) bond motifs is 19. The molecule has 0 saturated heterocycles. The Morgan fingerprint density at radius 2 is 0.815 bits per heavy atom. The third kappa shape index (κ3) is 9.58. The fourth-order valence-electron chi connectivity index (χ4n) is 18.9. The molecule has 0 radical (unpaired) electrons. The van der Waals surface area contributed by atoms with Gasteiger partial charge in [0.25, 0.3) is 0 Å². The predicted octanol–water partition coefficient (Wildman–Crippen LogP) is 24.7. The quantitative estimate of drug-likeness (QED) is 0.134. The highest BCUT2D eigenvalue weighted by Gasteiger charge is 2.54. The van der Waals surface area contributed by atoms with Crippen LogP contribution in [0, 0.1) is 0 Å². The van der Waals surface area contributed by atoms with Crippen LogP contribution in [0.4, 0.5) is 28.4 Å². The molecule has 5 aliphatic rings. The van der Waals surface area contributed by atoms with Gasteiger partial charge < -0.3 is 14.4 Å². The SMILES string of the molecule is C1=C\Cc2cc(-c3ccccc3)ccc2N(c2ccc3c(c2)N(c2c(-c4cccc(-c5ccccc5)c4)cccc2-c2cccc(-c4ccccc4)c2)c2cc(-n4c5ccccc5c5cc(-c6ccccc6)ccc54)cc4c2B3c2ccc3c(c2S4)-c2ccccc2C32c3ccccc3-c3ccccc32)C\C=C/1. The summed E-state index contributed by atoms with van der Waals surface area (Å²) in [5.41, 5.74) is 38.3. The Morgan fingerprint density at radius 1 is 0.315 bits per heavy atom. The largest absolute Gasteiger partial charge is 0.337 e. The zero-order chi connectivity index (χ0) is 71.0. The first kappa shape index (κ1) is 62.2. The summed E-state index contributed by atoms with van der Waals surface area (Å²) in [5, 5.41) is 2.43. The van der Waals surface area contributed by atoms with Gasteiger partial charge in [0.1, 0.15) is 0 Å². The van der Waals surface area contributed by atoms with Crippen molar-refractivity contribution in [1.29, 1.82) is 0 Å². The second kappa shape index (κ2) is 25.0. The van der Waals surface area contributed by atoms with Crippen molar-refractivity contribution in [2.75, 3.05) is 16.3 Å². The van der Waals surface area contributed by atoms with Crippen LogP contribution < -0.4 is 26.2 Å². The zero-order valence-electron chi connectivity index (χ0n) is 59.2. The maximum atomic E-state index is 2.73. The van der Waals surface area contributed by atoms with Gasteiger partial charge in [-0.25, -0.2) is 0 Å². The number of nitrogens with zero attached hydrogens (tertiary/aromatic N) is 3. The smallest absolute Gasteiger partial charge is 0.249 e. The van der Waals surface area contributed by atoms with Crippen LogP contribution in [0.2, 0.25) is 0 Å². The van der Waals surface area contributed by atoms with Crippen molar-refractivity contribution in [1.82, 2.24) is 4.57 Å². The number of aromatic nitrogens is 1. The van der Waals surface area contributed by atoms with Crippen molar-refractivity contribution in [3.63, 3.8) is 0 Å². The minimum absolute atomic E-state index is 0.192. The summed E-state index contributed by atoms with van der Waals surface area (Å²) in [6, 6.07) is 138. The number of anilines is 5. The molecule has 22 rings (SSSR count). The predicted molar refractivity (Wildman–Crippen MR) is 455 cm³/mol. The highest BCUT2D eigenvalue weighted by atomic mass is 32.2. The number of hydrogen-bond donors (Lipinski definition) is 0. The average molecular weight is 1390 g/mol. The zero-order valence-corrected chi connectivity index (χ0v) is 60.0. The number of rotatable bonds is 9. The van der Waals surface area contributed by atoms with Gasteiger partial charge >= 0.3 is 0 Å². The Morgan fingerprint density at radius 3 is 1.47 bits per heavy atom. The van der Waals surface area contributed by atoms with Crippen LogP contribution in [0.25, 0.3) is 117 Å². The number of benzene rings is 16.